The van der Waals surface area contributed by atoms with Gasteiger partial charge in [-0.05, 0) is 41.3 Å². The lowest BCUT2D eigenvalue weighted by Gasteiger charge is -2.24. The number of hydrogen-bond acceptors (Lipinski definition) is 4. The Labute approximate surface area is 156 Å². The van der Waals surface area contributed by atoms with E-state index >= 15 is 0 Å². The molecule has 2 aromatic rings. The molecule has 2 aliphatic heterocycles. The van der Waals surface area contributed by atoms with Crippen molar-refractivity contribution in [2.45, 2.75) is 25.7 Å². The van der Waals surface area contributed by atoms with Crippen molar-refractivity contribution in [3.63, 3.8) is 0 Å². The molecule has 0 bridgehead atoms. The lowest BCUT2D eigenvalue weighted by Crippen LogP contribution is -2.49. The number of carbonyl (C=O) groups is 2. The number of amides is 2. The second-order valence-corrected chi connectivity index (χ2v) is 6.79. The van der Waals surface area contributed by atoms with Gasteiger partial charge in [-0.1, -0.05) is 24.3 Å². The maximum atomic E-state index is 12.3. The van der Waals surface area contributed by atoms with Gasteiger partial charge in [-0.15, -0.1) is 0 Å². The first-order chi connectivity index (χ1) is 13.1. The van der Waals surface area contributed by atoms with Crippen molar-refractivity contribution in [3.05, 3.63) is 59.2 Å². The number of urea groups is 1. The van der Waals surface area contributed by atoms with E-state index in [0.29, 0.717) is 18.9 Å². The summed E-state index contributed by atoms with van der Waals surface area (Å²) >= 11 is 0. The van der Waals surface area contributed by atoms with Crippen LogP contribution in [0.15, 0.2) is 42.5 Å². The fourth-order valence-electron chi connectivity index (χ4n) is 3.58. The second-order valence-electron chi connectivity index (χ2n) is 6.79. The van der Waals surface area contributed by atoms with Crippen molar-refractivity contribution >= 4 is 23.4 Å². The van der Waals surface area contributed by atoms with Gasteiger partial charge in [0.15, 0.2) is 0 Å². The number of carbonyl (C=O) groups excluding carboxylic acids is 1. The average Bonchev–Trinajstić information content (AvgIpc) is 3.27. The standard InChI is InChI=1S/C20H21N3O4/c24-19(25)17(10-23-8-7-13-3-1-2-4-18(13)23)22-20(26)21-16-6-5-14-11-27-12-15(14)9-16/h1-6,9,17H,7-8,10-12H2,(H,24,25)(H2,21,22,26). The predicted molar refractivity (Wildman–Crippen MR) is 101 cm³/mol. The van der Waals surface area contributed by atoms with Crippen molar-refractivity contribution in [2.75, 3.05) is 23.3 Å². The van der Waals surface area contributed by atoms with E-state index in [0.717, 1.165) is 29.8 Å². The Balaban J connectivity index is 1.40. The van der Waals surface area contributed by atoms with Gasteiger partial charge in [-0.2, -0.15) is 0 Å². The summed E-state index contributed by atoms with van der Waals surface area (Å²) in [5.41, 5.74) is 5.00. The predicted octanol–water partition coefficient (Wildman–Crippen LogP) is 2.35. The number of carboxylic acid groups (broad SMARTS) is 1. The van der Waals surface area contributed by atoms with Crippen LogP contribution in [0.3, 0.4) is 0 Å². The summed E-state index contributed by atoms with van der Waals surface area (Å²) < 4.78 is 5.36. The minimum absolute atomic E-state index is 0.220. The molecule has 0 aliphatic carbocycles. The number of rotatable bonds is 5. The number of nitrogens with zero attached hydrogens (tertiary/aromatic N) is 1. The van der Waals surface area contributed by atoms with Crippen molar-refractivity contribution in [1.29, 1.82) is 0 Å². The van der Waals surface area contributed by atoms with Crippen molar-refractivity contribution in [1.82, 2.24) is 5.32 Å². The normalized spacial score (nSPS) is 15.8. The Hall–Kier alpha value is -3.06. The lowest BCUT2D eigenvalue weighted by molar-refractivity contribution is -0.138. The maximum absolute atomic E-state index is 12.3. The molecule has 2 heterocycles. The Morgan fingerprint density at radius 3 is 2.78 bits per heavy atom. The van der Waals surface area contributed by atoms with E-state index in [-0.39, 0.29) is 6.54 Å². The lowest BCUT2D eigenvalue weighted by atomic mass is 10.1. The van der Waals surface area contributed by atoms with Crippen LogP contribution >= 0.6 is 0 Å². The highest BCUT2D eigenvalue weighted by molar-refractivity contribution is 5.92. The van der Waals surface area contributed by atoms with Gasteiger partial charge >= 0.3 is 12.0 Å². The molecule has 4 rings (SSSR count). The molecule has 0 aromatic heterocycles. The zero-order chi connectivity index (χ0) is 18.8. The molecule has 140 valence electrons. The van der Waals surface area contributed by atoms with E-state index in [1.165, 1.54) is 5.56 Å². The molecular formula is C20H21N3O4. The highest BCUT2D eigenvalue weighted by atomic mass is 16.5. The number of hydrogen-bond donors (Lipinski definition) is 3. The van der Waals surface area contributed by atoms with E-state index in [1.807, 2.05) is 41.3 Å². The molecule has 1 unspecified atom stereocenters. The van der Waals surface area contributed by atoms with E-state index in [9.17, 15) is 14.7 Å². The van der Waals surface area contributed by atoms with E-state index in [4.69, 9.17) is 4.74 Å². The number of nitrogens with one attached hydrogen (secondary N) is 2. The smallest absolute Gasteiger partial charge is 0.328 e. The second kappa shape index (κ2) is 7.28. The van der Waals surface area contributed by atoms with Gasteiger partial charge in [0.05, 0.1) is 13.2 Å². The van der Waals surface area contributed by atoms with Crippen LogP contribution in [0, 0.1) is 0 Å². The summed E-state index contributed by atoms with van der Waals surface area (Å²) in [6, 6.07) is 12.0. The average molecular weight is 367 g/mol. The quantitative estimate of drug-likeness (QED) is 0.755. The molecule has 3 N–H and O–H groups in total. The van der Waals surface area contributed by atoms with E-state index in [1.54, 1.807) is 6.07 Å². The number of aliphatic carboxylic acids is 1. The number of benzene rings is 2. The zero-order valence-electron chi connectivity index (χ0n) is 14.8. The van der Waals surface area contributed by atoms with Crippen LogP contribution in [0.1, 0.15) is 16.7 Å². The number of para-hydroxylation sites is 1. The molecule has 2 amide bonds. The third kappa shape index (κ3) is 3.73. The number of carboxylic acids is 1. The topological polar surface area (TPSA) is 90.9 Å². The molecule has 2 aliphatic rings. The van der Waals surface area contributed by atoms with Crippen LogP contribution < -0.4 is 15.5 Å². The SMILES string of the molecule is O=C(Nc1ccc2c(c1)COC2)NC(CN1CCc2ccccc21)C(=O)O. The highest BCUT2D eigenvalue weighted by Gasteiger charge is 2.27. The van der Waals surface area contributed by atoms with Gasteiger partial charge in [0.1, 0.15) is 6.04 Å². The third-order valence-corrected chi connectivity index (χ3v) is 4.97. The van der Waals surface area contributed by atoms with Gasteiger partial charge in [-0.25, -0.2) is 9.59 Å². The van der Waals surface area contributed by atoms with Crippen molar-refractivity contribution in [2.24, 2.45) is 0 Å². The maximum Gasteiger partial charge on any atom is 0.328 e. The first kappa shape index (κ1) is 17.4. The molecule has 0 fully saturated rings. The van der Waals surface area contributed by atoms with Crippen molar-refractivity contribution < 1.29 is 19.4 Å². The molecule has 7 nitrogen and oxygen atoms in total. The Kier molecular flexibility index (Phi) is 4.68. The first-order valence-electron chi connectivity index (χ1n) is 8.93. The van der Waals surface area contributed by atoms with Crippen LogP contribution in [0.5, 0.6) is 0 Å². The summed E-state index contributed by atoms with van der Waals surface area (Å²) in [6.07, 6.45) is 0.881. The number of ether oxygens (including phenoxy) is 1. The molecule has 2 aromatic carbocycles. The molecule has 0 radical (unpaired) electrons. The highest BCUT2D eigenvalue weighted by Crippen LogP contribution is 2.27. The minimum atomic E-state index is -1.06. The van der Waals surface area contributed by atoms with E-state index < -0.39 is 18.0 Å². The largest absolute Gasteiger partial charge is 0.480 e. The summed E-state index contributed by atoms with van der Waals surface area (Å²) in [6.45, 7) is 2.08. The summed E-state index contributed by atoms with van der Waals surface area (Å²) in [7, 11) is 0. The summed E-state index contributed by atoms with van der Waals surface area (Å²) in [5, 5.41) is 14.8. The van der Waals surface area contributed by atoms with Crippen molar-refractivity contribution in [3.8, 4) is 0 Å². The molecule has 0 saturated carbocycles. The Morgan fingerprint density at radius 1 is 1.11 bits per heavy atom. The Bertz CT molecular complexity index is 883. The van der Waals surface area contributed by atoms with Crippen LogP contribution in [0.4, 0.5) is 16.2 Å². The molecule has 7 heteroatoms. The zero-order valence-corrected chi connectivity index (χ0v) is 14.8. The molecule has 27 heavy (non-hydrogen) atoms. The van der Waals surface area contributed by atoms with Crippen LogP contribution in [0.2, 0.25) is 0 Å². The van der Waals surface area contributed by atoms with Gasteiger partial charge < -0.3 is 25.4 Å². The van der Waals surface area contributed by atoms with Gasteiger partial charge in [0.2, 0.25) is 0 Å². The third-order valence-electron chi connectivity index (χ3n) is 4.97. The molecule has 0 spiro atoms. The van der Waals surface area contributed by atoms with Gasteiger partial charge in [0, 0.05) is 24.5 Å². The monoisotopic (exact) mass is 367 g/mol. The number of anilines is 2. The van der Waals surface area contributed by atoms with Gasteiger partial charge in [0.25, 0.3) is 0 Å². The molecular weight excluding hydrogens is 346 g/mol. The summed E-state index contributed by atoms with van der Waals surface area (Å²) in [4.78, 5) is 26.0. The fraction of sp³-hybridized carbons (Fsp3) is 0.300. The first-order valence-corrected chi connectivity index (χ1v) is 8.93. The number of fused-ring (bicyclic) bond motifs is 2. The summed E-state index contributed by atoms with van der Waals surface area (Å²) in [5.74, 6) is -1.06. The van der Waals surface area contributed by atoms with E-state index in [2.05, 4.69) is 10.6 Å². The molecule has 0 saturated heterocycles. The van der Waals surface area contributed by atoms with Crippen LogP contribution in [0.25, 0.3) is 0 Å². The minimum Gasteiger partial charge on any atom is -0.480 e. The van der Waals surface area contributed by atoms with Crippen LogP contribution in [-0.2, 0) is 29.2 Å². The van der Waals surface area contributed by atoms with Crippen LogP contribution in [-0.4, -0.2) is 36.2 Å². The Morgan fingerprint density at radius 2 is 1.93 bits per heavy atom. The van der Waals surface area contributed by atoms with Gasteiger partial charge in [-0.3, -0.25) is 0 Å². The molecule has 1 atom stereocenters. The fourth-order valence-corrected chi connectivity index (χ4v) is 3.58.